The highest BCUT2D eigenvalue weighted by Gasteiger charge is 2.28. The molecule has 1 aromatic rings. The van der Waals surface area contributed by atoms with E-state index in [4.69, 9.17) is 0 Å². The van der Waals surface area contributed by atoms with E-state index < -0.39 is 0 Å². The number of urea groups is 1. The molecule has 0 unspecified atom stereocenters. The minimum atomic E-state index is -0.0605. The van der Waals surface area contributed by atoms with Gasteiger partial charge in [-0.2, -0.15) is 0 Å². The number of piperazine rings is 1. The minimum absolute atomic E-state index is 0.0605. The van der Waals surface area contributed by atoms with Gasteiger partial charge in [-0.15, -0.1) is 0 Å². The first-order valence-electron chi connectivity index (χ1n) is 8.62. The van der Waals surface area contributed by atoms with Crippen molar-refractivity contribution in [1.82, 2.24) is 14.7 Å². The Bertz CT molecular complexity index is 561. The number of nitrogens with zero attached hydrogens (tertiary/aromatic N) is 3. The molecule has 0 bridgehead atoms. The molecule has 130 valence electrons. The van der Waals surface area contributed by atoms with Gasteiger partial charge < -0.3 is 15.1 Å². The summed E-state index contributed by atoms with van der Waals surface area (Å²) < 4.78 is 0. The standard InChI is InChI=1S/C17H25N5O2/c1-20-10-12-21(13-11-20)16-6-8-22(9-7-16)17(23)18-14-2-4-15(19-24)5-3-14/h2-5,16H,6-13H2,1H3,(H,18,23)/p+1. The van der Waals surface area contributed by atoms with E-state index >= 15 is 0 Å². The number of hydrogen-bond donors (Lipinski definition) is 2. The Kier molecular flexibility index (Phi) is 5.42. The lowest BCUT2D eigenvalue weighted by Gasteiger charge is -2.42. The van der Waals surface area contributed by atoms with Gasteiger partial charge in [-0.25, -0.2) is 4.79 Å². The summed E-state index contributed by atoms with van der Waals surface area (Å²) in [5.74, 6) is 0. The van der Waals surface area contributed by atoms with Crippen LogP contribution in [0.4, 0.5) is 16.2 Å². The fraction of sp³-hybridized carbons (Fsp3) is 0.588. The lowest BCUT2D eigenvalue weighted by Crippen LogP contribution is -2.55. The Balaban J connectivity index is 1.47. The van der Waals surface area contributed by atoms with Gasteiger partial charge in [0.2, 0.25) is 0 Å². The maximum atomic E-state index is 12.4. The lowest BCUT2D eigenvalue weighted by molar-refractivity contribution is -0.379. The van der Waals surface area contributed by atoms with Crippen molar-refractivity contribution >= 4 is 17.4 Å². The molecule has 0 atom stereocenters. The fourth-order valence-electron chi connectivity index (χ4n) is 3.45. The maximum Gasteiger partial charge on any atom is 0.321 e. The molecule has 2 fully saturated rings. The van der Waals surface area contributed by atoms with E-state index in [1.54, 1.807) is 24.3 Å². The highest BCUT2D eigenvalue weighted by atomic mass is 16.3. The molecule has 2 saturated heterocycles. The number of carbonyl (C=O) groups excluding carboxylic acids is 1. The SMILES string of the molecule is CN1CCN(C2CCN(C(=O)Nc3ccc([NH+]=O)cc3)CC2)CC1. The predicted molar refractivity (Wildman–Crippen MR) is 93.1 cm³/mol. The van der Waals surface area contributed by atoms with E-state index in [9.17, 15) is 9.70 Å². The van der Waals surface area contributed by atoms with E-state index in [0.717, 1.165) is 52.1 Å². The minimum Gasteiger partial charge on any atom is -0.324 e. The van der Waals surface area contributed by atoms with E-state index in [2.05, 4.69) is 22.2 Å². The predicted octanol–water partition coefficient (Wildman–Crippen LogP) is 0.409. The third-order valence-electron chi connectivity index (χ3n) is 5.06. The number of nitrogens with one attached hydrogen (secondary N) is 2. The van der Waals surface area contributed by atoms with Crippen LogP contribution in [0.1, 0.15) is 12.8 Å². The second kappa shape index (κ2) is 7.72. The second-order valence-corrected chi connectivity index (χ2v) is 6.67. The molecule has 0 aromatic heterocycles. The van der Waals surface area contributed by atoms with Gasteiger partial charge >= 0.3 is 6.03 Å². The van der Waals surface area contributed by atoms with Gasteiger partial charge in [-0.1, -0.05) is 0 Å². The van der Waals surface area contributed by atoms with Gasteiger partial charge in [-0.3, -0.25) is 4.90 Å². The zero-order chi connectivity index (χ0) is 16.9. The van der Waals surface area contributed by atoms with Gasteiger partial charge in [0.25, 0.3) is 5.69 Å². The van der Waals surface area contributed by atoms with E-state index in [-0.39, 0.29) is 6.03 Å². The van der Waals surface area contributed by atoms with Crippen molar-refractivity contribution in [3.8, 4) is 0 Å². The van der Waals surface area contributed by atoms with E-state index in [1.165, 1.54) is 0 Å². The fourth-order valence-corrected chi connectivity index (χ4v) is 3.45. The highest BCUT2D eigenvalue weighted by molar-refractivity contribution is 5.89. The number of amides is 2. The van der Waals surface area contributed by atoms with Crippen LogP contribution in [0.15, 0.2) is 24.3 Å². The van der Waals surface area contributed by atoms with Crippen LogP contribution in [0.25, 0.3) is 0 Å². The van der Waals surface area contributed by atoms with Crippen LogP contribution in [-0.4, -0.2) is 73.1 Å². The summed E-state index contributed by atoms with van der Waals surface area (Å²) in [6.07, 6.45) is 2.08. The average molecular weight is 332 g/mol. The quantitative estimate of drug-likeness (QED) is 0.841. The van der Waals surface area contributed by atoms with Crippen molar-refractivity contribution in [2.45, 2.75) is 18.9 Å². The molecule has 2 amide bonds. The molecule has 7 heteroatoms. The van der Waals surface area contributed by atoms with Gasteiger partial charge in [0, 0.05) is 73.2 Å². The molecule has 0 radical (unpaired) electrons. The molecule has 2 aliphatic rings. The topological polar surface area (TPSA) is 69.9 Å². The molecule has 1 aromatic carbocycles. The Hall–Kier alpha value is -1.99. The highest BCUT2D eigenvalue weighted by Crippen LogP contribution is 2.19. The van der Waals surface area contributed by atoms with Crippen LogP contribution in [0.5, 0.6) is 0 Å². The van der Waals surface area contributed by atoms with Crippen LogP contribution in [0.3, 0.4) is 0 Å². The summed E-state index contributed by atoms with van der Waals surface area (Å²) in [7, 11) is 2.17. The van der Waals surface area contributed by atoms with E-state index in [1.807, 2.05) is 10.1 Å². The molecular weight excluding hydrogens is 306 g/mol. The summed E-state index contributed by atoms with van der Waals surface area (Å²) in [5.41, 5.74) is 1.20. The van der Waals surface area contributed by atoms with Gasteiger partial charge in [0.15, 0.2) is 0 Å². The monoisotopic (exact) mass is 332 g/mol. The van der Waals surface area contributed by atoms with Crippen molar-refractivity contribution in [1.29, 1.82) is 0 Å². The third-order valence-corrected chi connectivity index (χ3v) is 5.06. The third kappa shape index (κ3) is 4.10. The van der Waals surface area contributed by atoms with Crippen LogP contribution >= 0.6 is 0 Å². The molecule has 0 aliphatic carbocycles. The molecular formula is C17H26N5O2+. The van der Waals surface area contributed by atoms with Gasteiger partial charge in [0.05, 0.1) is 0 Å². The average Bonchev–Trinajstić information content (AvgIpc) is 2.63. The van der Waals surface area contributed by atoms with Gasteiger partial charge in [0.1, 0.15) is 0 Å². The summed E-state index contributed by atoms with van der Waals surface area (Å²) in [6.45, 7) is 6.12. The number of likely N-dealkylation sites (N-methyl/N-ethyl adjacent to an activating group) is 1. The summed E-state index contributed by atoms with van der Waals surface area (Å²) in [6, 6.07) is 7.31. The normalized spacial score (nSPS) is 20.8. The molecule has 2 N–H and O–H groups in total. The number of rotatable bonds is 3. The molecule has 24 heavy (non-hydrogen) atoms. The number of nitroso groups, excluding NO2 is 1. The van der Waals surface area contributed by atoms with Crippen LogP contribution < -0.4 is 10.5 Å². The number of hydrogen-bond acceptors (Lipinski definition) is 4. The lowest BCUT2D eigenvalue weighted by atomic mass is 10.0. The molecule has 0 spiro atoms. The second-order valence-electron chi connectivity index (χ2n) is 6.67. The Morgan fingerprint density at radius 2 is 1.67 bits per heavy atom. The molecule has 0 saturated carbocycles. The van der Waals surface area contributed by atoms with Crippen molar-refractivity contribution < 1.29 is 9.97 Å². The molecule has 2 heterocycles. The van der Waals surface area contributed by atoms with Crippen LogP contribution in [-0.2, 0) is 0 Å². The Morgan fingerprint density at radius 3 is 2.25 bits per heavy atom. The Labute approximate surface area is 142 Å². The first-order chi connectivity index (χ1) is 11.7. The van der Waals surface area contributed by atoms with Crippen LogP contribution in [0, 0.1) is 4.91 Å². The summed E-state index contributed by atoms with van der Waals surface area (Å²) in [5, 5.41) is 4.73. The van der Waals surface area contributed by atoms with Crippen molar-refractivity contribution in [2.75, 3.05) is 51.6 Å². The van der Waals surface area contributed by atoms with Gasteiger partial charge in [-0.05, 0) is 32.0 Å². The van der Waals surface area contributed by atoms with Crippen molar-refractivity contribution in [2.24, 2.45) is 0 Å². The summed E-state index contributed by atoms with van der Waals surface area (Å²) in [4.78, 5) is 29.7. The van der Waals surface area contributed by atoms with Crippen molar-refractivity contribution in [3.05, 3.63) is 29.2 Å². The molecule has 3 rings (SSSR count). The number of carbonyl (C=O) groups is 1. The molecule has 7 nitrogen and oxygen atoms in total. The zero-order valence-electron chi connectivity index (χ0n) is 14.2. The smallest absolute Gasteiger partial charge is 0.321 e. The first-order valence-corrected chi connectivity index (χ1v) is 8.62. The largest absolute Gasteiger partial charge is 0.324 e. The number of anilines is 1. The summed E-state index contributed by atoms with van der Waals surface area (Å²) >= 11 is 0. The zero-order valence-corrected chi connectivity index (χ0v) is 14.2. The van der Waals surface area contributed by atoms with Crippen molar-refractivity contribution in [3.63, 3.8) is 0 Å². The van der Waals surface area contributed by atoms with Crippen LogP contribution in [0.2, 0.25) is 0 Å². The molecule has 2 aliphatic heterocycles. The Morgan fingerprint density at radius 1 is 1.04 bits per heavy atom. The number of piperidine rings is 1. The number of likely N-dealkylation sites (tertiary alicyclic amines) is 1. The first kappa shape index (κ1) is 16.9. The maximum absolute atomic E-state index is 12.4. The number of benzene rings is 1. The van der Waals surface area contributed by atoms with E-state index in [0.29, 0.717) is 17.4 Å².